The smallest absolute Gasteiger partial charge is 0.307 e. The average molecular weight is 755 g/mol. The van der Waals surface area contributed by atoms with E-state index in [2.05, 4.69) is 64.4 Å². The van der Waals surface area contributed by atoms with Gasteiger partial charge in [0.2, 0.25) is 0 Å². The predicted octanol–water partition coefficient (Wildman–Crippen LogP) is 9.04. The lowest BCUT2D eigenvalue weighted by atomic mass is 9.33. The van der Waals surface area contributed by atoms with Gasteiger partial charge in [-0.2, -0.15) is 0 Å². The number of hydrogen-bond acceptors (Lipinski definition) is 5. The van der Waals surface area contributed by atoms with Crippen LogP contribution in [0.2, 0.25) is 0 Å². The van der Waals surface area contributed by atoms with Gasteiger partial charge in [0.05, 0.1) is 17.8 Å². The normalized spacial score (nSPS) is 44.5. The zero-order valence-corrected chi connectivity index (χ0v) is 34.9. The number of fused-ring (bicyclic) bond motifs is 7. The summed E-state index contributed by atoms with van der Waals surface area (Å²) in [6, 6.07) is 0. The fraction of sp³-hybridized carbons (Fsp3) is 0.844. The first-order valence-corrected chi connectivity index (χ1v) is 23.3. The van der Waals surface area contributed by atoms with Gasteiger partial charge in [-0.3, -0.25) is 9.18 Å². The van der Waals surface area contributed by atoms with Crippen LogP contribution in [-0.4, -0.2) is 74.3 Å². The van der Waals surface area contributed by atoms with Crippen LogP contribution >= 0.6 is 0 Å². The summed E-state index contributed by atoms with van der Waals surface area (Å²) in [6.07, 6.45) is 19.7. The first kappa shape index (κ1) is 39.7. The largest absolute Gasteiger partial charge is 0.481 e. The number of carboxylic acid groups (broad SMARTS) is 1. The Morgan fingerprint density at radius 2 is 1.66 bits per heavy atom. The standard InChI is InChI=1S/C45H71FN2O4S/c1-29(2)33-13-20-45(47-23-26-48-24-16-32(17-25-48)53(8,51)52)22-21-43(6)36(39(33)45)11-12-38-42(5)18-14-35(41(3,4)37(42)15-19-44(38,43)7)30-9-10-34(40(49)50)31(27-30)28-46/h14,27,31-34,36-39,47H,1,9-13,15-26,28H2,2-8H3,(H,49,50)/t31-,33?,34+,36?,37?,38?,39?,42?,43?,44?,45?/m0/s1. The van der Waals surface area contributed by atoms with E-state index in [1.807, 2.05) is 6.08 Å². The Kier molecular flexibility index (Phi) is 10.4. The maximum absolute atomic E-state index is 14.2. The topological polar surface area (TPSA) is 86.7 Å². The minimum atomic E-state index is -2.96. The second-order valence-corrected chi connectivity index (χ2v) is 23.0. The summed E-state index contributed by atoms with van der Waals surface area (Å²) >= 11 is 0. The Labute approximate surface area is 321 Å². The van der Waals surface area contributed by atoms with E-state index in [-0.39, 0.29) is 32.4 Å². The maximum Gasteiger partial charge on any atom is 0.307 e. The van der Waals surface area contributed by atoms with Gasteiger partial charge in [0.15, 0.2) is 0 Å². The summed E-state index contributed by atoms with van der Waals surface area (Å²) in [5.41, 5.74) is 4.74. The molecule has 7 rings (SSSR count). The van der Waals surface area contributed by atoms with E-state index in [0.717, 1.165) is 51.9 Å². The molecule has 11 atom stereocenters. The first-order valence-electron chi connectivity index (χ1n) is 21.3. The van der Waals surface area contributed by atoms with Crippen LogP contribution in [0.15, 0.2) is 35.5 Å². The number of halogens is 1. The number of piperidine rings is 1. The van der Waals surface area contributed by atoms with Gasteiger partial charge in [0, 0.05) is 30.8 Å². The molecule has 0 radical (unpaired) electrons. The Balaban J connectivity index is 1.12. The summed E-state index contributed by atoms with van der Waals surface area (Å²) < 4.78 is 38.4. The average Bonchev–Trinajstić information content (AvgIpc) is 3.48. The van der Waals surface area contributed by atoms with E-state index in [9.17, 15) is 22.7 Å². The fourth-order valence-corrected chi connectivity index (χ4v) is 16.4. The second kappa shape index (κ2) is 13.9. The summed E-state index contributed by atoms with van der Waals surface area (Å²) in [6.45, 7) is 22.9. The van der Waals surface area contributed by atoms with Crippen LogP contribution < -0.4 is 5.32 Å². The molecule has 0 bridgehead atoms. The van der Waals surface area contributed by atoms with Crippen LogP contribution in [0.4, 0.5) is 4.39 Å². The van der Waals surface area contributed by atoms with Crippen LogP contribution in [0, 0.1) is 63.1 Å². The third-order valence-corrected chi connectivity index (χ3v) is 19.9. The van der Waals surface area contributed by atoms with Gasteiger partial charge in [-0.05, 0) is 166 Å². The number of aliphatic carboxylic acids is 1. The molecule has 1 heterocycles. The highest BCUT2D eigenvalue weighted by Crippen LogP contribution is 2.76. The van der Waals surface area contributed by atoms with Gasteiger partial charge in [-0.15, -0.1) is 0 Å². The molecule has 5 fully saturated rings. The van der Waals surface area contributed by atoms with Gasteiger partial charge < -0.3 is 15.3 Å². The third kappa shape index (κ3) is 6.28. The number of allylic oxidation sites excluding steroid dienone is 5. The Hall–Kier alpha value is -1.51. The first-order chi connectivity index (χ1) is 24.8. The molecule has 0 aromatic heterocycles. The van der Waals surface area contributed by atoms with Crippen LogP contribution in [0.1, 0.15) is 125 Å². The zero-order valence-electron chi connectivity index (χ0n) is 34.1. The molecule has 1 aliphatic heterocycles. The number of hydrogen-bond donors (Lipinski definition) is 2. The number of carbonyl (C=O) groups is 1. The lowest BCUT2D eigenvalue weighted by Gasteiger charge is -2.72. The van der Waals surface area contributed by atoms with Crippen molar-refractivity contribution in [2.24, 2.45) is 63.1 Å². The lowest BCUT2D eigenvalue weighted by molar-refractivity contribution is -0.221. The summed E-state index contributed by atoms with van der Waals surface area (Å²) in [4.78, 5) is 14.4. The molecule has 2 N–H and O–H groups in total. The molecule has 0 amide bonds. The lowest BCUT2D eigenvalue weighted by Crippen LogP contribution is -2.68. The van der Waals surface area contributed by atoms with Crippen molar-refractivity contribution in [1.82, 2.24) is 10.2 Å². The Morgan fingerprint density at radius 3 is 2.30 bits per heavy atom. The molecule has 0 aromatic rings. The third-order valence-electron chi connectivity index (χ3n) is 18.2. The van der Waals surface area contributed by atoms with E-state index < -0.39 is 34.3 Å². The SMILES string of the molecule is C=C(C)C1CCC2(NCCN3CCC(S(C)(=O)=O)CC3)CCC3(C)C(CCC4C5(C)CC=C(C6=C[C@@H](CF)[C@H](C(=O)O)CC6)C(C)(C)C5CCC43C)C12. The Bertz CT molecular complexity index is 1630. The number of likely N-dealkylation sites (tertiary alicyclic amines) is 1. The maximum atomic E-state index is 14.2. The minimum absolute atomic E-state index is 0.0446. The quantitative estimate of drug-likeness (QED) is 0.229. The molecule has 8 heteroatoms. The van der Waals surface area contributed by atoms with E-state index >= 15 is 0 Å². The van der Waals surface area contributed by atoms with Crippen molar-refractivity contribution in [1.29, 1.82) is 0 Å². The van der Waals surface area contributed by atoms with E-state index in [0.29, 0.717) is 36.0 Å². The van der Waals surface area contributed by atoms with Gasteiger partial charge in [-0.1, -0.05) is 58.9 Å². The Morgan fingerprint density at radius 1 is 0.943 bits per heavy atom. The van der Waals surface area contributed by atoms with Crippen LogP contribution in [0.25, 0.3) is 0 Å². The molecule has 0 spiro atoms. The molecular formula is C45H71FN2O4S. The monoisotopic (exact) mass is 755 g/mol. The molecule has 4 saturated carbocycles. The molecule has 298 valence electrons. The number of alkyl halides is 1. The number of sulfone groups is 1. The molecule has 1 saturated heterocycles. The van der Waals surface area contributed by atoms with Crippen LogP contribution in [-0.2, 0) is 14.6 Å². The molecular weight excluding hydrogens is 684 g/mol. The van der Waals surface area contributed by atoms with Crippen LogP contribution in [0.3, 0.4) is 0 Å². The zero-order chi connectivity index (χ0) is 38.4. The van der Waals surface area contributed by atoms with Gasteiger partial charge in [0.1, 0.15) is 9.84 Å². The second-order valence-electron chi connectivity index (χ2n) is 20.7. The van der Waals surface area contributed by atoms with E-state index in [1.54, 1.807) is 0 Å². The van der Waals surface area contributed by atoms with E-state index in [4.69, 9.17) is 0 Å². The minimum Gasteiger partial charge on any atom is -0.481 e. The van der Waals surface area contributed by atoms with Crippen molar-refractivity contribution < 1.29 is 22.7 Å². The highest BCUT2D eigenvalue weighted by molar-refractivity contribution is 7.91. The van der Waals surface area contributed by atoms with Gasteiger partial charge in [-0.25, -0.2) is 8.42 Å². The molecule has 9 unspecified atom stereocenters. The van der Waals surface area contributed by atoms with Crippen LogP contribution in [0.5, 0.6) is 0 Å². The molecule has 6 nitrogen and oxygen atoms in total. The molecule has 53 heavy (non-hydrogen) atoms. The van der Waals surface area contributed by atoms with Gasteiger partial charge >= 0.3 is 5.97 Å². The molecule has 6 aliphatic carbocycles. The predicted molar refractivity (Wildman–Crippen MR) is 213 cm³/mol. The fourth-order valence-electron chi connectivity index (χ4n) is 15.3. The number of nitrogens with zero attached hydrogens (tertiary/aromatic N) is 1. The molecule has 7 aliphatic rings. The van der Waals surface area contributed by atoms with Crippen molar-refractivity contribution in [3.05, 3.63) is 35.5 Å². The summed E-state index contributed by atoms with van der Waals surface area (Å²) in [7, 11) is -2.96. The van der Waals surface area contributed by atoms with Crippen molar-refractivity contribution in [3.63, 3.8) is 0 Å². The molecule has 0 aromatic carbocycles. The number of carboxylic acids is 1. The van der Waals surface area contributed by atoms with Crippen molar-refractivity contribution in [2.45, 2.75) is 136 Å². The van der Waals surface area contributed by atoms with E-state index in [1.165, 1.54) is 74.3 Å². The van der Waals surface area contributed by atoms with Crippen molar-refractivity contribution >= 4 is 15.8 Å². The van der Waals surface area contributed by atoms with Gasteiger partial charge in [0.25, 0.3) is 0 Å². The highest BCUT2D eigenvalue weighted by Gasteiger charge is 2.70. The number of rotatable bonds is 9. The van der Waals surface area contributed by atoms with Crippen molar-refractivity contribution in [2.75, 3.05) is 39.1 Å². The number of nitrogens with one attached hydrogen (secondary N) is 1. The summed E-state index contributed by atoms with van der Waals surface area (Å²) in [5.74, 6) is 0.985. The van der Waals surface area contributed by atoms with Crippen molar-refractivity contribution in [3.8, 4) is 0 Å². The summed E-state index contributed by atoms with van der Waals surface area (Å²) in [5, 5.41) is 13.8. The highest BCUT2D eigenvalue weighted by atomic mass is 32.2.